The third kappa shape index (κ3) is 2.75. The van der Waals surface area contributed by atoms with Crippen LogP contribution in [0.25, 0.3) is 10.9 Å². The molecule has 0 radical (unpaired) electrons. The Morgan fingerprint density at radius 3 is 2.92 bits per heavy atom. The number of ether oxygens (including phenoxy) is 1. The van der Waals surface area contributed by atoms with Crippen LogP contribution in [0, 0.1) is 5.92 Å². The first-order valence-corrected chi connectivity index (χ1v) is 8.23. The van der Waals surface area contributed by atoms with E-state index in [-0.39, 0.29) is 11.9 Å². The van der Waals surface area contributed by atoms with Crippen molar-refractivity contribution in [3.63, 3.8) is 0 Å². The highest BCUT2D eigenvalue weighted by molar-refractivity contribution is 5.87. The molecular weight excluding hydrogens is 302 g/mol. The Bertz CT molecular complexity index is 884. The van der Waals surface area contributed by atoms with Gasteiger partial charge in [0, 0.05) is 34.8 Å². The molecule has 0 aliphatic heterocycles. The first-order chi connectivity index (χ1) is 11.6. The second kappa shape index (κ2) is 5.70. The molecule has 1 fully saturated rings. The molecule has 24 heavy (non-hydrogen) atoms. The number of hydrogen-bond donors (Lipinski definition) is 3. The van der Waals surface area contributed by atoms with Crippen molar-refractivity contribution in [2.24, 2.45) is 5.92 Å². The number of hydrogen-bond acceptors (Lipinski definition) is 5. The summed E-state index contributed by atoms with van der Waals surface area (Å²) in [6.45, 7) is 2.87. The van der Waals surface area contributed by atoms with Crippen LogP contribution in [0.3, 0.4) is 0 Å². The molecule has 1 unspecified atom stereocenters. The van der Waals surface area contributed by atoms with Crippen LogP contribution >= 0.6 is 0 Å². The number of rotatable bonds is 5. The lowest BCUT2D eigenvalue weighted by Crippen LogP contribution is -2.07. The Morgan fingerprint density at radius 2 is 2.17 bits per heavy atom. The van der Waals surface area contributed by atoms with Crippen LogP contribution in [0.2, 0.25) is 0 Å². The van der Waals surface area contributed by atoms with E-state index in [0.717, 1.165) is 34.4 Å². The van der Waals surface area contributed by atoms with Crippen LogP contribution in [0.4, 0.5) is 11.8 Å². The zero-order chi connectivity index (χ0) is 16.7. The number of nitrogens with two attached hydrogens (primary N) is 2. The predicted molar refractivity (Wildman–Crippen MR) is 94.9 cm³/mol. The minimum Gasteiger partial charge on any atom is -0.493 e. The molecule has 124 valence electrons. The van der Waals surface area contributed by atoms with Crippen molar-refractivity contribution >= 4 is 22.7 Å². The van der Waals surface area contributed by atoms with E-state index < -0.39 is 0 Å². The van der Waals surface area contributed by atoms with Crippen LogP contribution in [-0.2, 0) is 0 Å². The van der Waals surface area contributed by atoms with Gasteiger partial charge in [0.15, 0.2) is 0 Å². The summed E-state index contributed by atoms with van der Waals surface area (Å²) in [4.78, 5) is 11.4. The normalized spacial score (nSPS) is 15.5. The molecule has 0 bridgehead atoms. The Labute approximate surface area is 140 Å². The summed E-state index contributed by atoms with van der Waals surface area (Å²) in [6.07, 6.45) is 6.17. The van der Waals surface area contributed by atoms with Gasteiger partial charge in [0.1, 0.15) is 11.6 Å². The second-order valence-electron chi connectivity index (χ2n) is 6.50. The SMILES string of the molecule is CC(c1cc(OCC2CC2)c2cc[nH]c2c1)c1cnc(N)nc1N. The summed E-state index contributed by atoms with van der Waals surface area (Å²) >= 11 is 0. The van der Waals surface area contributed by atoms with Gasteiger partial charge in [-0.25, -0.2) is 4.98 Å². The van der Waals surface area contributed by atoms with E-state index in [2.05, 4.69) is 34.0 Å². The summed E-state index contributed by atoms with van der Waals surface area (Å²) in [5, 5.41) is 1.10. The van der Waals surface area contributed by atoms with E-state index in [4.69, 9.17) is 16.2 Å². The molecule has 2 heterocycles. The average molecular weight is 323 g/mol. The van der Waals surface area contributed by atoms with E-state index in [1.165, 1.54) is 12.8 Å². The Hall–Kier alpha value is -2.76. The second-order valence-corrected chi connectivity index (χ2v) is 6.50. The maximum atomic E-state index is 6.08. The van der Waals surface area contributed by atoms with E-state index >= 15 is 0 Å². The molecule has 1 aliphatic rings. The molecule has 0 amide bonds. The minimum atomic E-state index is 0.0431. The Balaban J connectivity index is 1.71. The number of nitrogen functional groups attached to an aromatic ring is 2. The third-order valence-corrected chi connectivity index (χ3v) is 4.66. The maximum Gasteiger partial charge on any atom is 0.221 e. The number of fused-ring (bicyclic) bond motifs is 1. The van der Waals surface area contributed by atoms with E-state index in [9.17, 15) is 0 Å². The van der Waals surface area contributed by atoms with Gasteiger partial charge in [-0.15, -0.1) is 0 Å². The van der Waals surface area contributed by atoms with E-state index in [1.54, 1.807) is 6.20 Å². The smallest absolute Gasteiger partial charge is 0.221 e. The number of anilines is 2. The molecule has 1 saturated carbocycles. The predicted octanol–water partition coefficient (Wildman–Crippen LogP) is 3.06. The van der Waals surface area contributed by atoms with E-state index in [1.807, 2.05) is 12.3 Å². The fraction of sp³-hybridized carbons (Fsp3) is 0.333. The largest absolute Gasteiger partial charge is 0.493 e. The first-order valence-electron chi connectivity index (χ1n) is 8.23. The van der Waals surface area contributed by atoms with Gasteiger partial charge in [0.25, 0.3) is 0 Å². The monoisotopic (exact) mass is 323 g/mol. The fourth-order valence-electron chi connectivity index (χ4n) is 2.95. The molecule has 5 N–H and O–H groups in total. The summed E-state index contributed by atoms with van der Waals surface area (Å²) < 4.78 is 6.08. The molecule has 6 nitrogen and oxygen atoms in total. The first kappa shape index (κ1) is 14.8. The van der Waals surface area contributed by atoms with Crippen molar-refractivity contribution in [1.82, 2.24) is 15.0 Å². The maximum absolute atomic E-state index is 6.08. The summed E-state index contributed by atoms with van der Waals surface area (Å²) in [6, 6.07) is 6.27. The number of nitrogens with one attached hydrogen (secondary N) is 1. The highest BCUT2D eigenvalue weighted by Crippen LogP contribution is 2.36. The third-order valence-electron chi connectivity index (χ3n) is 4.66. The number of H-pyrrole nitrogens is 1. The van der Waals surface area contributed by atoms with Crippen molar-refractivity contribution in [3.05, 3.63) is 41.7 Å². The van der Waals surface area contributed by atoms with Gasteiger partial charge in [-0.05, 0) is 42.5 Å². The molecule has 0 spiro atoms. The Morgan fingerprint density at radius 1 is 1.33 bits per heavy atom. The van der Waals surface area contributed by atoms with Crippen molar-refractivity contribution < 1.29 is 4.74 Å². The zero-order valence-electron chi connectivity index (χ0n) is 13.6. The minimum absolute atomic E-state index is 0.0431. The lowest BCUT2D eigenvalue weighted by Gasteiger charge is -2.16. The molecule has 6 heteroatoms. The van der Waals surface area contributed by atoms with Gasteiger partial charge in [0.05, 0.1) is 6.61 Å². The topological polar surface area (TPSA) is 103 Å². The van der Waals surface area contributed by atoms with Gasteiger partial charge in [0.2, 0.25) is 5.95 Å². The fourth-order valence-corrected chi connectivity index (χ4v) is 2.95. The number of aromatic nitrogens is 3. The number of benzene rings is 1. The van der Waals surface area contributed by atoms with Gasteiger partial charge >= 0.3 is 0 Å². The van der Waals surface area contributed by atoms with E-state index in [0.29, 0.717) is 11.7 Å². The highest BCUT2D eigenvalue weighted by atomic mass is 16.5. The summed E-state index contributed by atoms with van der Waals surface area (Å²) in [7, 11) is 0. The zero-order valence-corrected chi connectivity index (χ0v) is 13.6. The van der Waals surface area contributed by atoms with Crippen LogP contribution < -0.4 is 16.2 Å². The lowest BCUT2D eigenvalue weighted by atomic mass is 9.93. The van der Waals surface area contributed by atoms with Crippen LogP contribution in [-0.4, -0.2) is 21.6 Å². The van der Waals surface area contributed by atoms with Gasteiger partial charge < -0.3 is 21.2 Å². The molecule has 1 aliphatic carbocycles. The van der Waals surface area contributed by atoms with Gasteiger partial charge in [-0.2, -0.15) is 4.98 Å². The summed E-state index contributed by atoms with van der Waals surface area (Å²) in [5.41, 5.74) is 14.7. The average Bonchev–Trinajstić information content (AvgIpc) is 3.27. The van der Waals surface area contributed by atoms with Crippen LogP contribution in [0.15, 0.2) is 30.6 Å². The number of aromatic amines is 1. The Kier molecular flexibility index (Phi) is 3.52. The van der Waals surface area contributed by atoms with Gasteiger partial charge in [-0.1, -0.05) is 6.92 Å². The quantitative estimate of drug-likeness (QED) is 0.669. The van der Waals surface area contributed by atoms with Crippen LogP contribution in [0.1, 0.15) is 36.8 Å². The molecule has 2 aromatic heterocycles. The molecular formula is C18H21N5O. The van der Waals surface area contributed by atoms with Crippen molar-refractivity contribution in [2.75, 3.05) is 18.1 Å². The van der Waals surface area contributed by atoms with Crippen molar-refractivity contribution in [1.29, 1.82) is 0 Å². The van der Waals surface area contributed by atoms with Crippen LogP contribution in [0.5, 0.6) is 5.75 Å². The lowest BCUT2D eigenvalue weighted by molar-refractivity contribution is 0.303. The highest BCUT2D eigenvalue weighted by Gasteiger charge is 2.23. The standard InChI is InChI=1S/C18H21N5O/c1-10(14-8-22-18(20)23-17(14)19)12-6-15-13(4-5-21-15)16(7-12)24-9-11-2-3-11/h4-8,10-11,21H,2-3,9H2,1H3,(H4,19,20,22,23). The molecule has 1 aromatic carbocycles. The molecule has 0 saturated heterocycles. The summed E-state index contributed by atoms with van der Waals surface area (Å²) in [5.74, 6) is 2.28. The number of nitrogens with zero attached hydrogens (tertiary/aromatic N) is 2. The molecule has 1 atom stereocenters. The molecule has 4 rings (SSSR count). The molecule has 3 aromatic rings. The van der Waals surface area contributed by atoms with Crippen molar-refractivity contribution in [3.8, 4) is 5.75 Å². The van der Waals surface area contributed by atoms with Gasteiger partial charge in [-0.3, -0.25) is 0 Å². The van der Waals surface area contributed by atoms with Crippen molar-refractivity contribution in [2.45, 2.75) is 25.7 Å².